The van der Waals surface area contributed by atoms with Crippen molar-refractivity contribution in [1.29, 1.82) is 0 Å². The van der Waals surface area contributed by atoms with Gasteiger partial charge in [0.1, 0.15) is 5.52 Å². The minimum atomic E-state index is -0.519. The molecule has 4 N–H and O–H groups in total. The number of aromatic amines is 2. The van der Waals surface area contributed by atoms with Crippen LogP contribution in [0.4, 0.5) is 0 Å². The molecule has 0 saturated carbocycles. The number of unbranched alkanes of at least 4 members (excludes halogenated alkanes) is 1. The number of nitrogens with one attached hydrogen (secondary N) is 2. The molecule has 0 aliphatic rings. The Balaban J connectivity index is 0.00000196. The molecule has 4 aromatic rings. The van der Waals surface area contributed by atoms with E-state index < -0.39 is 5.91 Å². The SMILES string of the molecule is CCCCc1nc2[nH]cc(C(N)=O)c2nc1-c1cccc2[nH]ncc12.Cl. The monoisotopic (exact) mass is 370 g/mol. The van der Waals surface area contributed by atoms with Crippen molar-refractivity contribution in [3.63, 3.8) is 0 Å². The highest BCUT2D eigenvalue weighted by Gasteiger charge is 2.18. The molecule has 4 rings (SSSR count). The van der Waals surface area contributed by atoms with Crippen molar-refractivity contribution in [2.75, 3.05) is 0 Å². The van der Waals surface area contributed by atoms with Crippen molar-refractivity contribution in [3.05, 3.63) is 41.9 Å². The van der Waals surface area contributed by atoms with Crippen LogP contribution in [0.3, 0.4) is 0 Å². The molecular formula is C18H19ClN6O. The Labute approximate surface area is 155 Å². The highest BCUT2D eigenvalue weighted by Crippen LogP contribution is 2.30. The van der Waals surface area contributed by atoms with Gasteiger partial charge in [-0.25, -0.2) is 9.97 Å². The molecule has 0 fully saturated rings. The lowest BCUT2D eigenvalue weighted by atomic mass is 10.0. The van der Waals surface area contributed by atoms with E-state index in [9.17, 15) is 4.79 Å². The smallest absolute Gasteiger partial charge is 0.252 e. The zero-order chi connectivity index (χ0) is 17.4. The fourth-order valence-corrected chi connectivity index (χ4v) is 3.06. The van der Waals surface area contributed by atoms with Crippen molar-refractivity contribution in [2.24, 2.45) is 5.73 Å². The molecular weight excluding hydrogens is 352 g/mol. The lowest BCUT2D eigenvalue weighted by molar-refractivity contribution is 0.100. The van der Waals surface area contributed by atoms with E-state index >= 15 is 0 Å². The molecule has 0 unspecified atom stereocenters. The number of H-pyrrole nitrogens is 2. The fraction of sp³-hybridized carbons (Fsp3) is 0.222. The van der Waals surface area contributed by atoms with Crippen molar-refractivity contribution < 1.29 is 4.79 Å². The lowest BCUT2D eigenvalue weighted by Crippen LogP contribution is -2.11. The Hall–Kier alpha value is -2.93. The maximum absolute atomic E-state index is 11.7. The van der Waals surface area contributed by atoms with Crippen LogP contribution in [-0.4, -0.2) is 31.1 Å². The number of primary amides is 1. The second-order valence-electron chi connectivity index (χ2n) is 6.02. The topological polar surface area (TPSA) is 113 Å². The van der Waals surface area contributed by atoms with Crippen LogP contribution in [-0.2, 0) is 6.42 Å². The number of fused-ring (bicyclic) bond motifs is 2. The van der Waals surface area contributed by atoms with E-state index in [0.717, 1.165) is 47.1 Å². The van der Waals surface area contributed by atoms with Gasteiger partial charge in [-0.15, -0.1) is 12.4 Å². The third kappa shape index (κ3) is 2.90. The molecule has 0 saturated heterocycles. The molecule has 7 nitrogen and oxygen atoms in total. The highest BCUT2D eigenvalue weighted by molar-refractivity contribution is 6.04. The predicted molar refractivity (Wildman–Crippen MR) is 103 cm³/mol. The van der Waals surface area contributed by atoms with Crippen LogP contribution < -0.4 is 5.73 Å². The standard InChI is InChI=1S/C18H18N6O.ClH/c1-2-3-6-14-15(10-5-4-7-13-11(10)9-21-24-13)23-16-12(17(19)25)8-20-18(16)22-14;/h4-5,7-9H,2-3,6H2,1H3,(H2,19,25)(H,20,22)(H,21,24);1H. The van der Waals surface area contributed by atoms with Crippen LogP contribution in [0.1, 0.15) is 35.8 Å². The second-order valence-corrected chi connectivity index (χ2v) is 6.02. The van der Waals surface area contributed by atoms with E-state index in [1.807, 2.05) is 18.2 Å². The van der Waals surface area contributed by atoms with Gasteiger partial charge in [-0.05, 0) is 18.9 Å². The van der Waals surface area contributed by atoms with E-state index in [1.54, 1.807) is 12.4 Å². The Bertz CT molecular complexity index is 1080. The van der Waals surface area contributed by atoms with Gasteiger partial charge in [0.25, 0.3) is 5.91 Å². The summed E-state index contributed by atoms with van der Waals surface area (Å²) in [6.07, 6.45) is 6.24. The third-order valence-electron chi connectivity index (χ3n) is 4.35. The van der Waals surface area contributed by atoms with E-state index in [2.05, 4.69) is 22.1 Å². The first-order chi connectivity index (χ1) is 12.2. The fourth-order valence-electron chi connectivity index (χ4n) is 3.06. The lowest BCUT2D eigenvalue weighted by Gasteiger charge is -2.09. The van der Waals surface area contributed by atoms with Gasteiger partial charge < -0.3 is 10.7 Å². The van der Waals surface area contributed by atoms with Crippen molar-refractivity contribution in [2.45, 2.75) is 26.2 Å². The average Bonchev–Trinajstić information content (AvgIpc) is 3.25. The van der Waals surface area contributed by atoms with Crippen LogP contribution in [0.25, 0.3) is 33.3 Å². The number of benzene rings is 1. The first kappa shape index (κ1) is 17.9. The maximum Gasteiger partial charge on any atom is 0.252 e. The molecule has 8 heteroatoms. The maximum atomic E-state index is 11.7. The zero-order valence-electron chi connectivity index (χ0n) is 14.2. The zero-order valence-corrected chi connectivity index (χ0v) is 15.1. The molecule has 0 atom stereocenters. The van der Waals surface area contributed by atoms with Crippen LogP contribution >= 0.6 is 12.4 Å². The predicted octanol–water partition coefficient (Wildman–Crippen LogP) is 3.36. The molecule has 1 amide bonds. The largest absolute Gasteiger partial charge is 0.365 e. The third-order valence-corrected chi connectivity index (χ3v) is 4.35. The summed E-state index contributed by atoms with van der Waals surface area (Å²) in [5.74, 6) is -0.519. The molecule has 0 spiro atoms. The number of rotatable bonds is 5. The number of amides is 1. The number of halogens is 1. The van der Waals surface area contributed by atoms with Gasteiger partial charge in [-0.1, -0.05) is 25.5 Å². The van der Waals surface area contributed by atoms with Crippen LogP contribution in [0.2, 0.25) is 0 Å². The minimum Gasteiger partial charge on any atom is -0.365 e. The summed E-state index contributed by atoms with van der Waals surface area (Å²) < 4.78 is 0. The molecule has 134 valence electrons. The normalized spacial score (nSPS) is 11.0. The number of nitrogens with zero attached hydrogens (tertiary/aromatic N) is 3. The average molecular weight is 371 g/mol. The number of hydrogen-bond acceptors (Lipinski definition) is 4. The molecule has 26 heavy (non-hydrogen) atoms. The quantitative estimate of drug-likeness (QED) is 0.499. The molecule has 0 bridgehead atoms. The first-order valence-electron chi connectivity index (χ1n) is 8.29. The van der Waals surface area contributed by atoms with Gasteiger partial charge in [-0.3, -0.25) is 9.89 Å². The van der Waals surface area contributed by atoms with E-state index in [0.29, 0.717) is 16.7 Å². The van der Waals surface area contributed by atoms with E-state index in [4.69, 9.17) is 15.7 Å². The highest BCUT2D eigenvalue weighted by atomic mass is 35.5. The van der Waals surface area contributed by atoms with Crippen LogP contribution in [0, 0.1) is 0 Å². The number of carbonyl (C=O) groups excluding carboxylic acids is 1. The molecule has 1 aromatic carbocycles. The summed E-state index contributed by atoms with van der Waals surface area (Å²) in [5, 5.41) is 8.08. The summed E-state index contributed by atoms with van der Waals surface area (Å²) in [5.41, 5.74) is 10.5. The van der Waals surface area contributed by atoms with Crippen LogP contribution in [0.15, 0.2) is 30.6 Å². The molecule has 0 aliphatic carbocycles. The van der Waals surface area contributed by atoms with Crippen LogP contribution in [0.5, 0.6) is 0 Å². The summed E-state index contributed by atoms with van der Waals surface area (Å²) in [7, 11) is 0. The molecule has 0 radical (unpaired) electrons. The summed E-state index contributed by atoms with van der Waals surface area (Å²) >= 11 is 0. The van der Waals surface area contributed by atoms with E-state index in [-0.39, 0.29) is 12.4 Å². The van der Waals surface area contributed by atoms with Gasteiger partial charge >= 0.3 is 0 Å². The van der Waals surface area contributed by atoms with Gasteiger partial charge in [0.15, 0.2) is 5.65 Å². The number of carbonyl (C=O) groups is 1. The Morgan fingerprint density at radius 1 is 1.27 bits per heavy atom. The second kappa shape index (κ2) is 7.13. The summed E-state index contributed by atoms with van der Waals surface area (Å²) in [4.78, 5) is 24.2. The first-order valence-corrected chi connectivity index (χ1v) is 8.29. The minimum absolute atomic E-state index is 0. The number of nitrogens with two attached hydrogens (primary N) is 1. The Morgan fingerprint density at radius 2 is 2.12 bits per heavy atom. The summed E-state index contributed by atoms with van der Waals surface area (Å²) in [6.45, 7) is 2.14. The number of hydrogen-bond donors (Lipinski definition) is 3. The Kier molecular flexibility index (Phi) is 4.90. The van der Waals surface area contributed by atoms with Gasteiger partial charge in [0.05, 0.1) is 28.7 Å². The Morgan fingerprint density at radius 3 is 2.88 bits per heavy atom. The number of aromatic nitrogens is 5. The molecule has 3 heterocycles. The molecule has 0 aliphatic heterocycles. The summed E-state index contributed by atoms with van der Waals surface area (Å²) in [6, 6.07) is 5.92. The molecule has 3 aromatic heterocycles. The van der Waals surface area contributed by atoms with Crippen molar-refractivity contribution in [3.8, 4) is 11.3 Å². The van der Waals surface area contributed by atoms with Gasteiger partial charge in [0, 0.05) is 17.1 Å². The number of aryl methyl sites for hydroxylation is 1. The van der Waals surface area contributed by atoms with Crippen molar-refractivity contribution in [1.82, 2.24) is 25.1 Å². The van der Waals surface area contributed by atoms with E-state index in [1.165, 1.54) is 0 Å². The van der Waals surface area contributed by atoms with Crippen molar-refractivity contribution >= 4 is 40.4 Å². The van der Waals surface area contributed by atoms with Gasteiger partial charge in [-0.2, -0.15) is 5.10 Å². The van der Waals surface area contributed by atoms with Gasteiger partial charge in [0.2, 0.25) is 0 Å².